The van der Waals surface area contributed by atoms with Gasteiger partial charge in [-0.1, -0.05) is 23.2 Å². The SMILES string of the molecule is NCc1cc(Cl)cc(C(=O)NN)c1NC(=O)c1c(Br)ccn1-c1ncccc1Cl. The van der Waals surface area contributed by atoms with Crippen LogP contribution in [0.3, 0.4) is 0 Å². The zero-order valence-electron chi connectivity index (χ0n) is 14.7. The highest BCUT2D eigenvalue weighted by atomic mass is 79.9. The van der Waals surface area contributed by atoms with Gasteiger partial charge in [0.1, 0.15) is 5.69 Å². The topological polar surface area (TPSA) is 128 Å². The zero-order chi connectivity index (χ0) is 21.1. The summed E-state index contributed by atoms with van der Waals surface area (Å²) >= 11 is 15.7. The van der Waals surface area contributed by atoms with Gasteiger partial charge in [0.2, 0.25) is 0 Å². The van der Waals surface area contributed by atoms with Gasteiger partial charge < -0.3 is 11.1 Å². The van der Waals surface area contributed by atoms with Crippen molar-refractivity contribution in [3.63, 3.8) is 0 Å². The van der Waals surface area contributed by atoms with Gasteiger partial charge in [-0.2, -0.15) is 0 Å². The van der Waals surface area contributed by atoms with Crippen LogP contribution in [0.25, 0.3) is 5.82 Å². The molecule has 0 aliphatic rings. The minimum Gasteiger partial charge on any atom is -0.326 e. The molecule has 8 nitrogen and oxygen atoms in total. The Balaban J connectivity index is 2.08. The number of benzene rings is 1. The number of carbonyl (C=O) groups excluding carboxylic acids is 2. The molecule has 0 atom stereocenters. The molecule has 0 bridgehead atoms. The van der Waals surface area contributed by atoms with Gasteiger partial charge in [0.25, 0.3) is 11.8 Å². The monoisotopic (exact) mass is 496 g/mol. The van der Waals surface area contributed by atoms with Gasteiger partial charge in [-0.15, -0.1) is 0 Å². The lowest BCUT2D eigenvalue weighted by Crippen LogP contribution is -2.31. The Morgan fingerprint density at radius 3 is 2.62 bits per heavy atom. The number of hydrogen-bond acceptors (Lipinski definition) is 5. The van der Waals surface area contributed by atoms with E-state index in [4.69, 9.17) is 34.8 Å². The maximum absolute atomic E-state index is 13.1. The Hall–Kier alpha value is -2.43. The number of rotatable bonds is 5. The highest BCUT2D eigenvalue weighted by Crippen LogP contribution is 2.29. The van der Waals surface area contributed by atoms with Crippen LogP contribution in [-0.2, 0) is 6.54 Å². The molecule has 0 unspecified atom stereocenters. The molecule has 29 heavy (non-hydrogen) atoms. The third-order valence-corrected chi connectivity index (χ3v) is 5.19. The molecule has 2 heterocycles. The first-order chi connectivity index (χ1) is 13.9. The maximum Gasteiger partial charge on any atom is 0.273 e. The summed E-state index contributed by atoms with van der Waals surface area (Å²) in [6.07, 6.45) is 3.21. The lowest BCUT2D eigenvalue weighted by Gasteiger charge is -2.16. The minimum atomic E-state index is -0.625. The summed E-state index contributed by atoms with van der Waals surface area (Å²) in [7, 11) is 0. The van der Waals surface area contributed by atoms with E-state index < -0.39 is 11.8 Å². The highest BCUT2D eigenvalue weighted by Gasteiger charge is 2.23. The van der Waals surface area contributed by atoms with Gasteiger partial charge in [-0.25, -0.2) is 10.8 Å². The van der Waals surface area contributed by atoms with Gasteiger partial charge in [0.15, 0.2) is 5.82 Å². The molecule has 1 aromatic carbocycles. The summed E-state index contributed by atoms with van der Waals surface area (Å²) in [5.41, 5.74) is 8.79. The van der Waals surface area contributed by atoms with Crippen molar-refractivity contribution >= 4 is 56.6 Å². The number of nitrogen functional groups attached to an aromatic ring is 1. The van der Waals surface area contributed by atoms with Crippen molar-refractivity contribution in [2.24, 2.45) is 11.6 Å². The Labute approximate surface area is 184 Å². The lowest BCUT2D eigenvalue weighted by atomic mass is 10.1. The Bertz CT molecular complexity index is 1100. The van der Waals surface area contributed by atoms with E-state index in [-0.39, 0.29) is 28.5 Å². The second-order valence-electron chi connectivity index (χ2n) is 5.81. The first-order valence-electron chi connectivity index (χ1n) is 8.19. The molecule has 3 rings (SSSR count). The Morgan fingerprint density at radius 1 is 1.21 bits per heavy atom. The molecule has 0 fully saturated rings. The second-order valence-corrected chi connectivity index (χ2v) is 7.51. The first kappa shape index (κ1) is 21.3. The molecule has 2 amide bonds. The second kappa shape index (κ2) is 8.93. The summed E-state index contributed by atoms with van der Waals surface area (Å²) in [6, 6.07) is 7.98. The third-order valence-electron chi connectivity index (χ3n) is 4.04. The van der Waals surface area contributed by atoms with Crippen LogP contribution in [0.1, 0.15) is 26.4 Å². The fourth-order valence-corrected chi connectivity index (χ4v) is 3.70. The number of nitrogens with one attached hydrogen (secondary N) is 2. The molecule has 2 aromatic heterocycles. The molecule has 150 valence electrons. The highest BCUT2D eigenvalue weighted by molar-refractivity contribution is 9.10. The number of pyridine rings is 1. The van der Waals surface area contributed by atoms with Crippen molar-refractivity contribution < 1.29 is 9.59 Å². The van der Waals surface area contributed by atoms with Crippen molar-refractivity contribution in [1.29, 1.82) is 0 Å². The average Bonchev–Trinajstić information content (AvgIpc) is 3.09. The smallest absolute Gasteiger partial charge is 0.273 e. The molecular formula is C18H15BrCl2N6O2. The van der Waals surface area contributed by atoms with E-state index in [2.05, 4.69) is 26.2 Å². The number of nitrogens with two attached hydrogens (primary N) is 2. The van der Waals surface area contributed by atoms with Gasteiger partial charge in [0, 0.05) is 28.4 Å². The molecule has 6 N–H and O–H groups in total. The summed E-state index contributed by atoms with van der Waals surface area (Å²) in [5, 5.41) is 3.38. The van der Waals surface area contributed by atoms with Crippen LogP contribution in [0, 0.1) is 0 Å². The predicted octanol–water partition coefficient (Wildman–Crippen LogP) is 3.26. The third kappa shape index (κ3) is 4.29. The number of nitrogens with zero attached hydrogens (tertiary/aromatic N) is 2. The summed E-state index contributed by atoms with van der Waals surface area (Å²) in [4.78, 5) is 29.6. The van der Waals surface area contributed by atoms with Crippen LogP contribution in [0.5, 0.6) is 0 Å². The van der Waals surface area contributed by atoms with Gasteiger partial charge in [-0.05, 0) is 51.8 Å². The number of carbonyl (C=O) groups is 2. The summed E-state index contributed by atoms with van der Waals surface area (Å²) < 4.78 is 2.03. The van der Waals surface area contributed by atoms with E-state index in [0.717, 1.165) is 0 Å². The van der Waals surface area contributed by atoms with Gasteiger partial charge in [-0.3, -0.25) is 19.6 Å². The number of amides is 2. The number of anilines is 1. The first-order valence-corrected chi connectivity index (χ1v) is 9.74. The van der Waals surface area contributed by atoms with Crippen molar-refractivity contribution in [1.82, 2.24) is 15.0 Å². The molecule has 0 saturated heterocycles. The lowest BCUT2D eigenvalue weighted by molar-refractivity contribution is 0.0954. The molecule has 0 spiro atoms. The fraction of sp³-hybridized carbons (Fsp3) is 0.0556. The molecular weight excluding hydrogens is 483 g/mol. The quantitative estimate of drug-likeness (QED) is 0.244. The molecule has 0 radical (unpaired) electrons. The van der Waals surface area contributed by atoms with E-state index in [1.165, 1.54) is 10.6 Å². The van der Waals surface area contributed by atoms with Crippen molar-refractivity contribution in [2.75, 3.05) is 5.32 Å². The van der Waals surface area contributed by atoms with Crippen LogP contribution < -0.4 is 22.3 Å². The van der Waals surface area contributed by atoms with E-state index in [9.17, 15) is 9.59 Å². The zero-order valence-corrected chi connectivity index (χ0v) is 17.8. The van der Waals surface area contributed by atoms with Crippen molar-refractivity contribution in [3.05, 3.63) is 74.1 Å². The van der Waals surface area contributed by atoms with Crippen LogP contribution in [-0.4, -0.2) is 21.4 Å². The number of halogens is 3. The molecule has 3 aromatic rings. The van der Waals surface area contributed by atoms with Crippen LogP contribution in [0.15, 0.2) is 47.2 Å². The van der Waals surface area contributed by atoms with E-state index in [0.29, 0.717) is 20.9 Å². The maximum atomic E-state index is 13.1. The van der Waals surface area contributed by atoms with Crippen molar-refractivity contribution in [2.45, 2.75) is 6.54 Å². The predicted molar refractivity (Wildman–Crippen MR) is 115 cm³/mol. The van der Waals surface area contributed by atoms with E-state index in [1.807, 2.05) is 5.43 Å². The minimum absolute atomic E-state index is 0.0370. The van der Waals surface area contributed by atoms with Crippen LogP contribution >= 0.6 is 39.1 Å². The Morgan fingerprint density at radius 2 is 1.97 bits per heavy atom. The molecule has 0 aliphatic heterocycles. The van der Waals surface area contributed by atoms with Crippen LogP contribution in [0.2, 0.25) is 10.0 Å². The largest absolute Gasteiger partial charge is 0.326 e. The number of hydrogen-bond donors (Lipinski definition) is 4. The van der Waals surface area contributed by atoms with Gasteiger partial charge >= 0.3 is 0 Å². The van der Waals surface area contributed by atoms with E-state index >= 15 is 0 Å². The molecule has 0 aliphatic carbocycles. The van der Waals surface area contributed by atoms with Crippen molar-refractivity contribution in [3.8, 4) is 5.82 Å². The standard InChI is InChI=1S/C18H15BrCl2N6O2/c19-12-3-5-27(16-13(21)2-1-4-24-16)15(12)18(29)25-14-9(8-22)6-10(20)7-11(14)17(28)26-23/h1-7H,8,22-23H2,(H,25,29)(H,26,28). The summed E-state index contributed by atoms with van der Waals surface area (Å²) in [5.74, 6) is 4.49. The molecule has 0 saturated carbocycles. The Kier molecular flexibility index (Phi) is 6.56. The molecule has 11 heteroatoms. The van der Waals surface area contributed by atoms with Gasteiger partial charge in [0.05, 0.1) is 16.3 Å². The normalized spacial score (nSPS) is 10.7. The average molecular weight is 498 g/mol. The van der Waals surface area contributed by atoms with Crippen LogP contribution in [0.4, 0.5) is 5.69 Å². The summed E-state index contributed by atoms with van der Waals surface area (Å²) in [6.45, 7) is 0.0370. The fourth-order valence-electron chi connectivity index (χ4n) is 2.76. The number of hydrazine groups is 1. The number of aromatic nitrogens is 2. The van der Waals surface area contributed by atoms with E-state index in [1.54, 1.807) is 36.7 Å².